The molecule has 0 aliphatic rings. The molecule has 0 saturated heterocycles. The van der Waals surface area contributed by atoms with Crippen LogP contribution in [0.1, 0.15) is 11.4 Å². The summed E-state index contributed by atoms with van der Waals surface area (Å²) in [5.41, 5.74) is 1.19. The number of para-hydroxylation sites is 1. The number of fused-ring (bicyclic) bond motifs is 1. The minimum atomic E-state index is -0.207. The number of nitrogens with zero attached hydrogens (tertiary/aromatic N) is 3. The van der Waals surface area contributed by atoms with E-state index in [9.17, 15) is 4.79 Å². The van der Waals surface area contributed by atoms with Gasteiger partial charge >= 0.3 is 0 Å². The van der Waals surface area contributed by atoms with E-state index < -0.39 is 0 Å². The maximum atomic E-state index is 12.6. The summed E-state index contributed by atoms with van der Waals surface area (Å²) < 4.78 is 11.8. The van der Waals surface area contributed by atoms with E-state index in [0.29, 0.717) is 28.2 Å². The molecule has 6 nitrogen and oxygen atoms in total. The molecule has 0 atom stereocenters. The van der Waals surface area contributed by atoms with Crippen LogP contribution in [-0.2, 0) is 0 Å². The van der Waals surface area contributed by atoms with Gasteiger partial charge in [0.15, 0.2) is 0 Å². The van der Waals surface area contributed by atoms with E-state index in [-0.39, 0.29) is 5.56 Å². The molecule has 2 aromatic carbocycles. The zero-order chi connectivity index (χ0) is 17.1. The van der Waals surface area contributed by atoms with E-state index in [4.69, 9.17) is 9.47 Å². The lowest BCUT2D eigenvalue weighted by molar-refractivity contribution is 0.394. The fourth-order valence-electron chi connectivity index (χ4n) is 2.42. The smallest absolute Gasteiger partial charge is 0.282 e. The first-order valence-corrected chi connectivity index (χ1v) is 7.39. The van der Waals surface area contributed by atoms with Gasteiger partial charge in [-0.2, -0.15) is 9.78 Å². The lowest BCUT2D eigenvalue weighted by Crippen LogP contribution is -2.20. The van der Waals surface area contributed by atoms with Crippen molar-refractivity contribution in [2.24, 2.45) is 5.10 Å². The molecule has 24 heavy (non-hydrogen) atoms. The van der Waals surface area contributed by atoms with Gasteiger partial charge in [0, 0.05) is 11.6 Å². The molecular weight excluding hydrogens is 306 g/mol. The Labute approximate surface area is 139 Å². The average Bonchev–Trinajstić information content (AvgIpc) is 2.61. The summed E-state index contributed by atoms with van der Waals surface area (Å²) in [6.45, 7) is 1.75. The minimum Gasteiger partial charge on any atom is -0.497 e. The molecule has 0 amide bonds. The summed E-state index contributed by atoms with van der Waals surface area (Å²) in [6.07, 6.45) is 1.57. The summed E-state index contributed by atoms with van der Waals surface area (Å²) in [4.78, 5) is 17.0. The summed E-state index contributed by atoms with van der Waals surface area (Å²) in [6, 6.07) is 12.6. The third kappa shape index (κ3) is 2.86. The fraction of sp³-hybridized carbons (Fsp3) is 0.167. The molecule has 122 valence electrons. The average molecular weight is 323 g/mol. The molecule has 0 N–H and O–H groups in total. The Morgan fingerprint density at radius 3 is 2.67 bits per heavy atom. The van der Waals surface area contributed by atoms with E-state index in [0.717, 1.165) is 5.56 Å². The van der Waals surface area contributed by atoms with Crippen LogP contribution >= 0.6 is 0 Å². The van der Waals surface area contributed by atoms with Crippen LogP contribution in [0, 0.1) is 6.92 Å². The second-order valence-electron chi connectivity index (χ2n) is 5.15. The lowest BCUT2D eigenvalue weighted by atomic mass is 10.2. The Kier molecular flexibility index (Phi) is 4.29. The van der Waals surface area contributed by atoms with Gasteiger partial charge in [0.1, 0.15) is 17.3 Å². The van der Waals surface area contributed by atoms with Gasteiger partial charge in [-0.05, 0) is 31.2 Å². The van der Waals surface area contributed by atoms with Crippen LogP contribution in [0.4, 0.5) is 0 Å². The van der Waals surface area contributed by atoms with Crippen molar-refractivity contribution in [3.8, 4) is 11.5 Å². The molecule has 0 radical (unpaired) electrons. The zero-order valence-electron chi connectivity index (χ0n) is 13.7. The van der Waals surface area contributed by atoms with Gasteiger partial charge in [-0.25, -0.2) is 4.98 Å². The van der Waals surface area contributed by atoms with Gasteiger partial charge < -0.3 is 9.47 Å². The lowest BCUT2D eigenvalue weighted by Gasteiger charge is -2.08. The Morgan fingerprint density at radius 2 is 1.92 bits per heavy atom. The van der Waals surface area contributed by atoms with Gasteiger partial charge in [-0.1, -0.05) is 12.1 Å². The van der Waals surface area contributed by atoms with Crippen molar-refractivity contribution in [2.75, 3.05) is 14.2 Å². The molecule has 1 heterocycles. The second kappa shape index (κ2) is 6.54. The van der Waals surface area contributed by atoms with Crippen molar-refractivity contribution in [2.45, 2.75) is 6.92 Å². The Hall–Kier alpha value is -3.15. The van der Waals surface area contributed by atoms with Crippen LogP contribution in [0.5, 0.6) is 11.5 Å². The first-order chi connectivity index (χ1) is 11.6. The van der Waals surface area contributed by atoms with Gasteiger partial charge in [-0.3, -0.25) is 4.79 Å². The molecule has 0 fully saturated rings. The summed E-state index contributed by atoms with van der Waals surface area (Å²) >= 11 is 0. The number of aromatic nitrogens is 2. The van der Waals surface area contributed by atoms with Crippen LogP contribution < -0.4 is 15.0 Å². The molecule has 3 rings (SSSR count). The summed E-state index contributed by atoms with van der Waals surface area (Å²) in [5.74, 6) is 1.81. The molecule has 0 saturated carbocycles. The van der Waals surface area contributed by atoms with Crippen molar-refractivity contribution in [3.05, 3.63) is 64.2 Å². The quantitative estimate of drug-likeness (QED) is 0.692. The van der Waals surface area contributed by atoms with Crippen LogP contribution in [0.25, 0.3) is 10.9 Å². The van der Waals surface area contributed by atoms with E-state index in [1.54, 1.807) is 51.6 Å². The van der Waals surface area contributed by atoms with Gasteiger partial charge in [0.25, 0.3) is 5.56 Å². The van der Waals surface area contributed by atoms with E-state index >= 15 is 0 Å². The Balaban J connectivity index is 2.07. The highest BCUT2D eigenvalue weighted by atomic mass is 16.5. The van der Waals surface area contributed by atoms with E-state index in [1.807, 2.05) is 18.2 Å². The third-order valence-corrected chi connectivity index (χ3v) is 3.67. The van der Waals surface area contributed by atoms with Crippen molar-refractivity contribution < 1.29 is 9.47 Å². The molecule has 0 aliphatic heterocycles. The first-order valence-electron chi connectivity index (χ1n) is 7.39. The highest BCUT2D eigenvalue weighted by Crippen LogP contribution is 2.23. The summed E-state index contributed by atoms with van der Waals surface area (Å²) in [7, 11) is 3.16. The number of aryl methyl sites for hydroxylation is 1. The molecule has 1 aromatic heterocycles. The normalized spacial score (nSPS) is 11.1. The van der Waals surface area contributed by atoms with Gasteiger partial charge in [0.2, 0.25) is 0 Å². The molecule has 0 unspecified atom stereocenters. The molecule has 0 aliphatic carbocycles. The predicted molar refractivity (Wildman–Crippen MR) is 93.3 cm³/mol. The van der Waals surface area contributed by atoms with Crippen molar-refractivity contribution in [3.63, 3.8) is 0 Å². The fourth-order valence-corrected chi connectivity index (χ4v) is 2.42. The number of hydrogen-bond acceptors (Lipinski definition) is 5. The molecule has 0 bridgehead atoms. The van der Waals surface area contributed by atoms with E-state index in [1.165, 1.54) is 4.68 Å². The number of rotatable bonds is 4. The summed E-state index contributed by atoms with van der Waals surface area (Å²) in [5, 5.41) is 4.82. The minimum absolute atomic E-state index is 0.207. The highest BCUT2D eigenvalue weighted by molar-refractivity contribution is 5.84. The third-order valence-electron chi connectivity index (χ3n) is 3.67. The number of ether oxygens (including phenoxy) is 2. The van der Waals surface area contributed by atoms with Crippen LogP contribution in [0.15, 0.2) is 52.4 Å². The first kappa shape index (κ1) is 15.7. The van der Waals surface area contributed by atoms with Crippen LogP contribution in [0.2, 0.25) is 0 Å². The van der Waals surface area contributed by atoms with Crippen LogP contribution in [0.3, 0.4) is 0 Å². The number of benzene rings is 2. The second-order valence-corrected chi connectivity index (χ2v) is 5.15. The highest BCUT2D eigenvalue weighted by Gasteiger charge is 2.07. The SMILES string of the molecule is COc1ccc(/C=N\n2c(C)nc3ccccc3c2=O)c(OC)c1. The van der Waals surface area contributed by atoms with Crippen molar-refractivity contribution in [1.82, 2.24) is 9.66 Å². The van der Waals surface area contributed by atoms with Crippen LogP contribution in [-0.4, -0.2) is 30.1 Å². The molecule has 6 heteroatoms. The number of methoxy groups -OCH3 is 2. The molecule has 0 spiro atoms. The predicted octanol–water partition coefficient (Wildman–Crippen LogP) is 2.60. The largest absolute Gasteiger partial charge is 0.497 e. The molecule has 3 aromatic rings. The topological polar surface area (TPSA) is 65.7 Å². The maximum Gasteiger partial charge on any atom is 0.282 e. The van der Waals surface area contributed by atoms with Crippen molar-refractivity contribution in [1.29, 1.82) is 0 Å². The van der Waals surface area contributed by atoms with Gasteiger partial charge in [-0.15, -0.1) is 0 Å². The Bertz CT molecular complexity index is 977. The monoisotopic (exact) mass is 323 g/mol. The Morgan fingerprint density at radius 1 is 1.12 bits per heavy atom. The van der Waals surface area contributed by atoms with Crippen molar-refractivity contribution >= 4 is 17.1 Å². The van der Waals surface area contributed by atoms with E-state index in [2.05, 4.69) is 10.1 Å². The standard InChI is InChI=1S/C18H17N3O3/c1-12-20-16-7-5-4-6-15(16)18(22)21(12)19-11-13-8-9-14(23-2)10-17(13)24-3/h4-11H,1-3H3/b19-11-. The number of hydrogen-bond donors (Lipinski definition) is 0. The van der Waals surface area contributed by atoms with Gasteiger partial charge in [0.05, 0.1) is 31.3 Å². The molecular formula is C18H17N3O3. The maximum absolute atomic E-state index is 12.6. The zero-order valence-corrected chi connectivity index (χ0v) is 13.7.